The molecule has 0 bridgehead atoms. The van der Waals surface area contributed by atoms with Crippen molar-refractivity contribution in [3.63, 3.8) is 0 Å². The van der Waals surface area contributed by atoms with E-state index >= 15 is 0 Å². The van der Waals surface area contributed by atoms with E-state index in [1.54, 1.807) is 0 Å². The van der Waals surface area contributed by atoms with E-state index in [1.165, 1.54) is 18.9 Å². The van der Waals surface area contributed by atoms with Gasteiger partial charge in [0, 0.05) is 19.3 Å². The summed E-state index contributed by atoms with van der Waals surface area (Å²) in [7, 11) is 0. The van der Waals surface area contributed by atoms with Gasteiger partial charge in [0.1, 0.15) is 0 Å². The summed E-state index contributed by atoms with van der Waals surface area (Å²) in [6, 6.07) is 0. The highest BCUT2D eigenvalue weighted by Crippen LogP contribution is 2.12. The number of aliphatic hydroxyl groups is 2. The Hall–Kier alpha value is -1.43. The average Bonchev–Trinajstić information content (AvgIpc) is 2.72. The van der Waals surface area contributed by atoms with Gasteiger partial charge in [0.25, 0.3) is 0 Å². The van der Waals surface area contributed by atoms with Crippen LogP contribution in [-0.4, -0.2) is 49.2 Å². The van der Waals surface area contributed by atoms with Gasteiger partial charge in [-0.3, -0.25) is 0 Å². The van der Waals surface area contributed by atoms with E-state index in [0.29, 0.717) is 12.5 Å². The molecule has 0 aromatic carbocycles. The topological polar surface area (TPSA) is 76.0 Å². The second kappa shape index (κ2) is 43.7. The molecule has 0 fully saturated rings. The molecule has 0 saturated heterocycles. The van der Waals surface area contributed by atoms with Crippen molar-refractivity contribution in [3.05, 3.63) is 39.0 Å². The van der Waals surface area contributed by atoms with Gasteiger partial charge in [-0.15, -0.1) is 26.3 Å². The third-order valence-electron chi connectivity index (χ3n) is 2.68. The molecule has 5 nitrogen and oxygen atoms in total. The van der Waals surface area contributed by atoms with Gasteiger partial charge < -0.3 is 19.7 Å². The van der Waals surface area contributed by atoms with Crippen molar-refractivity contribution < 1.29 is 24.5 Å². The number of unbranched alkanes of at least 4 members (excludes halogenated alkanes) is 1. The van der Waals surface area contributed by atoms with Gasteiger partial charge in [-0.25, -0.2) is 4.79 Å². The van der Waals surface area contributed by atoms with Crippen LogP contribution in [0.1, 0.15) is 53.4 Å². The zero-order chi connectivity index (χ0) is 21.6. The summed E-state index contributed by atoms with van der Waals surface area (Å²) < 4.78 is 9.82. The zero-order valence-electron chi connectivity index (χ0n) is 17.7. The van der Waals surface area contributed by atoms with Crippen molar-refractivity contribution in [3.8, 4) is 0 Å². The number of aliphatic hydroxyl groups excluding tert-OH is 2. The standard InChI is InChI=1S/C11H20O2.C4H10O.C2H6O2.2C2H4/c1-4-7-8-10(5-2)9-13-11(12)6-3;1-3-5-4-2;3-1-2-4;2*1-2/h6,10H,3-5,7-9H2,1-2H3;3-4H2,1-2H3;3-4H,1-2H2;2*1-2H2. The summed E-state index contributed by atoms with van der Waals surface area (Å²) in [5.74, 6) is 0.207. The molecule has 26 heavy (non-hydrogen) atoms. The summed E-state index contributed by atoms with van der Waals surface area (Å²) in [4.78, 5) is 10.8. The Labute approximate surface area is 162 Å². The quantitative estimate of drug-likeness (QED) is 0.332. The van der Waals surface area contributed by atoms with Crippen LogP contribution in [0, 0.1) is 5.92 Å². The molecule has 158 valence electrons. The van der Waals surface area contributed by atoms with E-state index in [9.17, 15) is 4.79 Å². The van der Waals surface area contributed by atoms with Gasteiger partial charge in [-0.05, 0) is 26.2 Å². The molecule has 0 saturated carbocycles. The van der Waals surface area contributed by atoms with Crippen molar-refractivity contribution in [2.75, 3.05) is 33.0 Å². The summed E-state index contributed by atoms with van der Waals surface area (Å²) >= 11 is 0. The van der Waals surface area contributed by atoms with E-state index in [4.69, 9.17) is 19.7 Å². The van der Waals surface area contributed by atoms with Crippen LogP contribution in [0.2, 0.25) is 0 Å². The maximum atomic E-state index is 10.8. The molecule has 0 radical (unpaired) electrons. The Kier molecular flexibility index (Phi) is 59.9. The first-order valence-corrected chi connectivity index (χ1v) is 9.16. The molecule has 1 atom stereocenters. The van der Waals surface area contributed by atoms with Crippen LogP contribution in [0.15, 0.2) is 39.0 Å². The highest BCUT2D eigenvalue weighted by atomic mass is 16.5. The molecule has 0 aliphatic rings. The van der Waals surface area contributed by atoms with Crippen LogP contribution in [0.3, 0.4) is 0 Å². The largest absolute Gasteiger partial charge is 0.462 e. The van der Waals surface area contributed by atoms with Gasteiger partial charge in [0.2, 0.25) is 0 Å². The van der Waals surface area contributed by atoms with E-state index in [2.05, 4.69) is 46.7 Å². The van der Waals surface area contributed by atoms with E-state index in [-0.39, 0.29) is 19.2 Å². The molecule has 2 N–H and O–H groups in total. The smallest absolute Gasteiger partial charge is 0.330 e. The minimum absolute atomic E-state index is 0.125. The first kappa shape index (κ1) is 35.6. The normalized spacial score (nSPS) is 9.15. The third-order valence-corrected chi connectivity index (χ3v) is 2.68. The van der Waals surface area contributed by atoms with Crippen molar-refractivity contribution in [2.45, 2.75) is 53.4 Å². The molecule has 0 amide bonds. The summed E-state index contributed by atoms with van der Waals surface area (Å²) in [6.45, 7) is 25.6. The molecule has 0 aromatic heterocycles. The van der Waals surface area contributed by atoms with Crippen molar-refractivity contribution >= 4 is 5.97 Å². The molecule has 0 rings (SSSR count). The molecule has 0 heterocycles. The monoisotopic (exact) mass is 376 g/mol. The van der Waals surface area contributed by atoms with E-state index in [0.717, 1.165) is 26.1 Å². The van der Waals surface area contributed by atoms with Crippen LogP contribution in [0.25, 0.3) is 0 Å². The maximum absolute atomic E-state index is 10.8. The predicted molar refractivity (Wildman–Crippen MR) is 113 cm³/mol. The second-order valence-electron chi connectivity index (χ2n) is 4.48. The van der Waals surface area contributed by atoms with E-state index < -0.39 is 0 Å². The summed E-state index contributed by atoms with van der Waals surface area (Å²) in [5, 5.41) is 15.2. The Morgan fingerprint density at radius 1 is 1.00 bits per heavy atom. The van der Waals surface area contributed by atoms with Gasteiger partial charge in [-0.1, -0.05) is 39.7 Å². The molecule has 0 aliphatic carbocycles. The number of hydrogen-bond donors (Lipinski definition) is 2. The maximum Gasteiger partial charge on any atom is 0.330 e. The molecule has 0 spiro atoms. The molecule has 0 aromatic rings. The Balaban J connectivity index is -0.0000000933. The van der Waals surface area contributed by atoms with Gasteiger partial charge in [0.15, 0.2) is 0 Å². The lowest BCUT2D eigenvalue weighted by Gasteiger charge is -2.13. The van der Waals surface area contributed by atoms with E-state index in [1.807, 2.05) is 13.8 Å². The minimum atomic E-state index is -0.310. The fourth-order valence-corrected chi connectivity index (χ4v) is 1.36. The summed E-state index contributed by atoms with van der Waals surface area (Å²) in [5.41, 5.74) is 0. The number of carbonyl (C=O) groups excluding carboxylic acids is 1. The van der Waals surface area contributed by atoms with Gasteiger partial charge >= 0.3 is 5.97 Å². The van der Waals surface area contributed by atoms with Crippen molar-refractivity contribution in [2.24, 2.45) is 5.92 Å². The number of hydrogen-bond acceptors (Lipinski definition) is 5. The van der Waals surface area contributed by atoms with Crippen LogP contribution in [0.5, 0.6) is 0 Å². The van der Waals surface area contributed by atoms with Crippen molar-refractivity contribution in [1.29, 1.82) is 0 Å². The molecular weight excluding hydrogens is 332 g/mol. The average molecular weight is 377 g/mol. The Morgan fingerprint density at radius 2 is 1.46 bits per heavy atom. The Morgan fingerprint density at radius 3 is 1.69 bits per heavy atom. The first-order valence-electron chi connectivity index (χ1n) is 9.16. The lowest BCUT2D eigenvalue weighted by atomic mass is 10.0. The fourth-order valence-electron chi connectivity index (χ4n) is 1.36. The molecule has 1 unspecified atom stereocenters. The molecule has 5 heteroatoms. The number of ether oxygens (including phenoxy) is 2. The van der Waals surface area contributed by atoms with Crippen molar-refractivity contribution in [1.82, 2.24) is 0 Å². The molecular formula is C21H44O5. The third kappa shape index (κ3) is 49.5. The molecule has 0 aliphatic heterocycles. The SMILES string of the molecule is C=C.C=C.C=CC(=O)OCC(CC)CCCC.CCOCC.OCCO. The van der Waals surface area contributed by atoms with Crippen LogP contribution < -0.4 is 0 Å². The number of esters is 1. The fraction of sp³-hybridized carbons (Fsp3) is 0.667. The minimum Gasteiger partial charge on any atom is -0.462 e. The lowest BCUT2D eigenvalue weighted by Crippen LogP contribution is -2.12. The second-order valence-corrected chi connectivity index (χ2v) is 4.48. The van der Waals surface area contributed by atoms with Gasteiger partial charge in [0.05, 0.1) is 19.8 Å². The lowest BCUT2D eigenvalue weighted by molar-refractivity contribution is -0.139. The van der Waals surface area contributed by atoms with Crippen LogP contribution in [0.4, 0.5) is 0 Å². The van der Waals surface area contributed by atoms with Gasteiger partial charge in [-0.2, -0.15) is 0 Å². The van der Waals surface area contributed by atoms with Crippen LogP contribution in [-0.2, 0) is 14.3 Å². The predicted octanol–water partition coefficient (Wildman–Crippen LogP) is 4.55. The highest BCUT2D eigenvalue weighted by molar-refractivity contribution is 5.81. The highest BCUT2D eigenvalue weighted by Gasteiger charge is 2.07. The number of carbonyl (C=O) groups is 1. The summed E-state index contributed by atoms with van der Waals surface area (Å²) in [6.07, 6.45) is 5.85. The van der Waals surface area contributed by atoms with Crippen LogP contribution >= 0.6 is 0 Å². The number of rotatable bonds is 10. The zero-order valence-corrected chi connectivity index (χ0v) is 17.7. The first-order chi connectivity index (χ1) is 12.6. The Bertz CT molecular complexity index is 239.